The van der Waals surface area contributed by atoms with Gasteiger partial charge in [0.1, 0.15) is 22.8 Å². The van der Waals surface area contributed by atoms with Crippen LogP contribution in [0.1, 0.15) is 12.7 Å². The second kappa shape index (κ2) is 6.81. The van der Waals surface area contributed by atoms with Crippen molar-refractivity contribution in [2.45, 2.75) is 19.6 Å². The van der Waals surface area contributed by atoms with Gasteiger partial charge in [-0.25, -0.2) is 4.98 Å². The fraction of sp³-hybridized carbons (Fsp3) is 0.471. The minimum atomic E-state index is 0.144. The molecule has 0 radical (unpaired) electrons. The number of halogens is 1. The monoisotopic (exact) mass is 334 g/mol. The molecule has 5 nitrogen and oxygen atoms in total. The molecule has 1 aromatic carbocycles. The van der Waals surface area contributed by atoms with Gasteiger partial charge in [0.05, 0.1) is 25.0 Å². The van der Waals surface area contributed by atoms with E-state index in [0.29, 0.717) is 5.15 Å². The first-order chi connectivity index (χ1) is 11.1. The topological polar surface area (TPSA) is 33.5 Å². The molecule has 2 heterocycles. The first-order valence-electron chi connectivity index (χ1n) is 7.93. The van der Waals surface area contributed by atoms with Crippen molar-refractivity contribution in [3.63, 3.8) is 0 Å². The van der Waals surface area contributed by atoms with Gasteiger partial charge in [-0.3, -0.25) is 4.90 Å². The molecule has 0 saturated heterocycles. The highest BCUT2D eigenvalue weighted by molar-refractivity contribution is 6.29. The summed E-state index contributed by atoms with van der Waals surface area (Å²) in [6.45, 7) is 5.65. The van der Waals surface area contributed by atoms with E-state index < -0.39 is 0 Å². The average Bonchev–Trinajstić information content (AvgIpc) is 2.86. The van der Waals surface area contributed by atoms with Crippen LogP contribution in [0.15, 0.2) is 30.5 Å². The largest absolute Gasteiger partial charge is 0.485 e. The van der Waals surface area contributed by atoms with E-state index in [9.17, 15) is 0 Å². The van der Waals surface area contributed by atoms with Gasteiger partial charge in [0, 0.05) is 20.1 Å². The van der Waals surface area contributed by atoms with E-state index in [0.717, 1.165) is 37.8 Å². The molecule has 0 saturated carbocycles. The Morgan fingerprint density at radius 1 is 1.39 bits per heavy atom. The van der Waals surface area contributed by atoms with E-state index in [-0.39, 0.29) is 6.10 Å². The Kier molecular flexibility index (Phi) is 4.78. The molecule has 0 N–H and O–H groups in total. The quantitative estimate of drug-likeness (QED) is 0.842. The van der Waals surface area contributed by atoms with E-state index in [1.54, 1.807) is 6.20 Å². The fourth-order valence-corrected chi connectivity index (χ4v) is 3.14. The summed E-state index contributed by atoms with van der Waals surface area (Å²) >= 11 is 6.05. The molecule has 2 aromatic rings. The van der Waals surface area contributed by atoms with E-state index in [1.165, 1.54) is 5.69 Å². The number of anilines is 1. The molecule has 1 aliphatic heterocycles. The van der Waals surface area contributed by atoms with E-state index in [4.69, 9.17) is 16.3 Å². The normalized spacial score (nSPS) is 17.3. The number of benzene rings is 1. The highest BCUT2D eigenvalue weighted by Gasteiger charge is 2.25. The fourth-order valence-electron chi connectivity index (χ4n) is 3.00. The lowest BCUT2D eigenvalue weighted by Gasteiger charge is -2.37. The summed E-state index contributed by atoms with van der Waals surface area (Å²) in [5, 5.41) is 0.661. The number of fused-ring (bicyclic) bond motifs is 1. The van der Waals surface area contributed by atoms with Crippen LogP contribution in [-0.2, 0) is 13.6 Å². The summed E-state index contributed by atoms with van der Waals surface area (Å²) in [7, 11) is 4.02. The van der Waals surface area contributed by atoms with Crippen LogP contribution < -0.4 is 9.64 Å². The molecule has 0 amide bonds. The Balaban J connectivity index is 1.65. The molecule has 6 heteroatoms. The third kappa shape index (κ3) is 3.46. The van der Waals surface area contributed by atoms with Gasteiger partial charge in [0.15, 0.2) is 0 Å². The minimum absolute atomic E-state index is 0.144. The number of nitrogens with zero attached hydrogens (tertiary/aromatic N) is 4. The van der Waals surface area contributed by atoms with Crippen molar-refractivity contribution in [2.24, 2.45) is 7.05 Å². The molecule has 23 heavy (non-hydrogen) atoms. The number of imidazole rings is 1. The van der Waals surface area contributed by atoms with Crippen LogP contribution in [0.5, 0.6) is 5.75 Å². The van der Waals surface area contributed by atoms with Crippen LogP contribution in [0.2, 0.25) is 5.15 Å². The minimum Gasteiger partial charge on any atom is -0.485 e. The van der Waals surface area contributed by atoms with Gasteiger partial charge < -0.3 is 14.2 Å². The highest BCUT2D eigenvalue weighted by atomic mass is 35.5. The zero-order valence-corrected chi connectivity index (χ0v) is 14.6. The highest BCUT2D eigenvalue weighted by Crippen LogP contribution is 2.32. The van der Waals surface area contributed by atoms with Crippen LogP contribution in [-0.4, -0.2) is 47.2 Å². The van der Waals surface area contributed by atoms with E-state index in [1.807, 2.05) is 23.7 Å². The molecule has 1 atom stereocenters. The van der Waals surface area contributed by atoms with Crippen LogP contribution in [0.3, 0.4) is 0 Å². The standard InChI is InChI=1S/C17H23ClN4O/c1-4-22-11-13(23-15-8-6-5-7-14(15)22)10-20(2)12-17-19-9-16(18)21(17)3/h5-9,13H,4,10-12H2,1-3H3/t13-/m0/s1. The molecule has 124 valence electrons. The van der Waals surface area contributed by atoms with Gasteiger partial charge in [0.25, 0.3) is 0 Å². The first kappa shape index (κ1) is 16.1. The number of hydrogen-bond acceptors (Lipinski definition) is 4. The predicted molar refractivity (Wildman–Crippen MR) is 93.3 cm³/mol. The molecule has 1 aromatic heterocycles. The molecule has 0 spiro atoms. The Bertz CT molecular complexity index is 672. The third-order valence-corrected chi connectivity index (χ3v) is 4.61. The van der Waals surface area contributed by atoms with Gasteiger partial charge in [-0.05, 0) is 26.1 Å². The lowest BCUT2D eigenvalue weighted by Crippen LogP contribution is -2.45. The second-order valence-electron chi connectivity index (χ2n) is 6.00. The molecular formula is C17H23ClN4O. The SMILES string of the molecule is CCN1C[C@H](CN(C)Cc2ncc(Cl)n2C)Oc2ccccc21. The average molecular weight is 335 g/mol. The molecule has 3 rings (SSSR count). The molecule has 0 bridgehead atoms. The van der Waals surface area contributed by atoms with Gasteiger partial charge in [-0.1, -0.05) is 23.7 Å². The van der Waals surface area contributed by atoms with Gasteiger partial charge >= 0.3 is 0 Å². The van der Waals surface area contributed by atoms with Gasteiger partial charge in [-0.2, -0.15) is 0 Å². The number of aromatic nitrogens is 2. The maximum atomic E-state index is 6.17. The third-order valence-electron chi connectivity index (χ3n) is 4.26. The Labute approximate surface area is 142 Å². The lowest BCUT2D eigenvalue weighted by atomic mass is 10.2. The first-order valence-corrected chi connectivity index (χ1v) is 8.31. The number of para-hydroxylation sites is 2. The molecule has 0 fully saturated rings. The van der Waals surface area contributed by atoms with Crippen LogP contribution >= 0.6 is 11.6 Å². The van der Waals surface area contributed by atoms with E-state index in [2.05, 4.69) is 40.9 Å². The second-order valence-corrected chi connectivity index (χ2v) is 6.39. The number of ether oxygens (including phenoxy) is 1. The van der Waals surface area contributed by atoms with Crippen LogP contribution in [0.25, 0.3) is 0 Å². The zero-order valence-electron chi connectivity index (χ0n) is 13.9. The van der Waals surface area contributed by atoms with Crippen molar-refractivity contribution >= 4 is 17.3 Å². The summed E-state index contributed by atoms with van der Waals surface area (Å²) in [5.74, 6) is 1.93. The number of rotatable bonds is 5. The number of likely N-dealkylation sites (N-methyl/N-ethyl adjacent to an activating group) is 2. The van der Waals surface area contributed by atoms with Crippen molar-refractivity contribution < 1.29 is 4.74 Å². The van der Waals surface area contributed by atoms with Crippen LogP contribution in [0.4, 0.5) is 5.69 Å². The Morgan fingerprint density at radius 3 is 2.87 bits per heavy atom. The maximum absolute atomic E-state index is 6.17. The summed E-state index contributed by atoms with van der Waals surface area (Å²) in [6.07, 6.45) is 1.84. The molecular weight excluding hydrogens is 312 g/mol. The lowest BCUT2D eigenvalue weighted by molar-refractivity contribution is 0.138. The number of hydrogen-bond donors (Lipinski definition) is 0. The zero-order chi connectivity index (χ0) is 16.4. The van der Waals surface area contributed by atoms with Crippen LogP contribution in [0, 0.1) is 0 Å². The summed E-state index contributed by atoms with van der Waals surface area (Å²) in [4.78, 5) is 8.95. The Hall–Kier alpha value is -1.72. The van der Waals surface area contributed by atoms with Crippen molar-refractivity contribution in [1.82, 2.24) is 14.5 Å². The van der Waals surface area contributed by atoms with Gasteiger partial charge in [-0.15, -0.1) is 0 Å². The summed E-state index contributed by atoms with van der Waals surface area (Å²) < 4.78 is 8.08. The summed E-state index contributed by atoms with van der Waals surface area (Å²) in [5.41, 5.74) is 1.18. The van der Waals surface area contributed by atoms with Crippen molar-refractivity contribution in [3.05, 3.63) is 41.4 Å². The Morgan fingerprint density at radius 2 is 2.17 bits per heavy atom. The molecule has 0 unspecified atom stereocenters. The van der Waals surface area contributed by atoms with E-state index >= 15 is 0 Å². The summed E-state index contributed by atoms with van der Waals surface area (Å²) in [6, 6.07) is 8.24. The van der Waals surface area contributed by atoms with Crippen molar-refractivity contribution in [3.8, 4) is 5.75 Å². The maximum Gasteiger partial charge on any atom is 0.143 e. The molecule has 1 aliphatic rings. The van der Waals surface area contributed by atoms with Gasteiger partial charge in [0.2, 0.25) is 0 Å². The predicted octanol–water partition coefficient (Wildman–Crippen LogP) is 2.79. The van der Waals surface area contributed by atoms with Crippen molar-refractivity contribution in [1.29, 1.82) is 0 Å². The smallest absolute Gasteiger partial charge is 0.143 e. The van der Waals surface area contributed by atoms with Crippen molar-refractivity contribution in [2.75, 3.05) is 31.6 Å². The molecule has 0 aliphatic carbocycles.